The number of halogens is 1. The van der Waals surface area contributed by atoms with E-state index >= 15 is 0 Å². The Kier molecular flexibility index (Phi) is 7.37. The molecule has 1 radical (unpaired) electrons. The Morgan fingerprint density at radius 3 is 2.29 bits per heavy atom. The molecule has 0 saturated heterocycles. The summed E-state index contributed by atoms with van der Waals surface area (Å²) in [6, 6.07) is 6.85. The molecule has 1 rings (SSSR count). The highest BCUT2D eigenvalue weighted by Crippen LogP contribution is 2.10. The normalized spacial score (nSPS) is 11.2. The van der Waals surface area contributed by atoms with Crippen molar-refractivity contribution in [2.75, 3.05) is 0 Å². The van der Waals surface area contributed by atoms with Gasteiger partial charge in [-0.25, -0.2) is 4.39 Å². The molecule has 1 heteroatoms. The molecule has 0 aromatic heterocycles. The largest absolute Gasteiger partial charge is 0.207 e. The van der Waals surface area contributed by atoms with Crippen LogP contribution in [0.4, 0.5) is 4.39 Å². The van der Waals surface area contributed by atoms with E-state index in [-0.39, 0.29) is 5.82 Å². The topological polar surface area (TPSA) is 0 Å². The van der Waals surface area contributed by atoms with E-state index < -0.39 is 0 Å². The van der Waals surface area contributed by atoms with Crippen molar-refractivity contribution >= 4 is 0 Å². The molecule has 0 saturated carbocycles. The van der Waals surface area contributed by atoms with Gasteiger partial charge in [-0.3, -0.25) is 0 Å². The van der Waals surface area contributed by atoms with Crippen LogP contribution < -0.4 is 0 Å². The molecule has 0 bridgehead atoms. The minimum absolute atomic E-state index is 0.146. The van der Waals surface area contributed by atoms with Crippen LogP contribution in [-0.2, 0) is 6.42 Å². The number of hydrogen-bond acceptors (Lipinski definition) is 0. The van der Waals surface area contributed by atoms with E-state index in [9.17, 15) is 4.39 Å². The van der Waals surface area contributed by atoms with Crippen molar-refractivity contribution in [2.45, 2.75) is 44.9 Å². The van der Waals surface area contributed by atoms with Gasteiger partial charge in [0.1, 0.15) is 5.82 Å². The molecule has 0 amide bonds. The fraction of sp³-hybridized carbons (Fsp3) is 0.438. The Morgan fingerprint density at radius 1 is 0.941 bits per heavy atom. The minimum atomic E-state index is -0.146. The zero-order chi connectivity index (χ0) is 12.3. The van der Waals surface area contributed by atoms with Crippen LogP contribution in [-0.4, -0.2) is 0 Å². The van der Waals surface area contributed by atoms with Gasteiger partial charge in [0.15, 0.2) is 0 Å². The van der Waals surface area contributed by atoms with E-state index in [2.05, 4.69) is 13.0 Å². The summed E-state index contributed by atoms with van der Waals surface area (Å²) in [5.74, 6) is -0.146. The lowest BCUT2D eigenvalue weighted by atomic mass is 10.0. The van der Waals surface area contributed by atoms with Gasteiger partial charge < -0.3 is 0 Å². The molecular weight excluding hydrogens is 211 g/mol. The van der Waals surface area contributed by atoms with Gasteiger partial charge in [-0.1, -0.05) is 43.5 Å². The van der Waals surface area contributed by atoms with Gasteiger partial charge in [-0.15, -0.1) is 0 Å². The molecule has 0 spiro atoms. The summed E-state index contributed by atoms with van der Waals surface area (Å²) in [5.41, 5.74) is 1.24. The number of allylic oxidation sites excluding steroid dienone is 2. The average Bonchev–Trinajstić information content (AvgIpc) is 2.35. The Bertz CT molecular complexity index is 311. The third-order valence-corrected chi connectivity index (χ3v) is 2.92. The highest BCUT2D eigenvalue weighted by atomic mass is 19.1. The standard InChI is InChI=1S/C16H22F/c1-2-3-4-5-6-7-8-9-10-15-11-13-16(17)14-12-15/h2-3,11-14H,1,4-10H2/b3-2+. The molecule has 1 aromatic carbocycles. The lowest BCUT2D eigenvalue weighted by molar-refractivity contribution is 0.614. The third-order valence-electron chi connectivity index (χ3n) is 2.92. The maximum Gasteiger partial charge on any atom is 0.123 e. The van der Waals surface area contributed by atoms with Gasteiger partial charge >= 0.3 is 0 Å². The first-order valence-corrected chi connectivity index (χ1v) is 6.51. The Balaban J connectivity index is 1.99. The van der Waals surface area contributed by atoms with Crippen molar-refractivity contribution in [3.05, 3.63) is 54.7 Å². The van der Waals surface area contributed by atoms with E-state index in [0.717, 1.165) is 12.8 Å². The van der Waals surface area contributed by atoms with Crippen LogP contribution in [0.15, 0.2) is 36.4 Å². The fourth-order valence-corrected chi connectivity index (χ4v) is 1.89. The van der Waals surface area contributed by atoms with Crippen LogP contribution in [0.1, 0.15) is 44.1 Å². The van der Waals surface area contributed by atoms with Gasteiger partial charge in [0, 0.05) is 0 Å². The van der Waals surface area contributed by atoms with Crippen LogP contribution >= 0.6 is 0 Å². The van der Waals surface area contributed by atoms with Gasteiger partial charge in [-0.05, 0) is 50.3 Å². The molecule has 17 heavy (non-hydrogen) atoms. The zero-order valence-corrected chi connectivity index (χ0v) is 10.5. The molecular formula is C16H22F. The second-order valence-corrected chi connectivity index (χ2v) is 4.40. The van der Waals surface area contributed by atoms with Gasteiger partial charge in [-0.2, -0.15) is 0 Å². The molecule has 0 atom stereocenters. The number of rotatable bonds is 8. The van der Waals surface area contributed by atoms with Crippen molar-refractivity contribution in [1.82, 2.24) is 0 Å². The van der Waals surface area contributed by atoms with Crippen molar-refractivity contribution < 1.29 is 4.39 Å². The maximum absolute atomic E-state index is 12.7. The van der Waals surface area contributed by atoms with Crippen LogP contribution in [0.3, 0.4) is 0 Å². The van der Waals surface area contributed by atoms with E-state index in [1.54, 1.807) is 12.1 Å². The monoisotopic (exact) mass is 233 g/mol. The second kappa shape index (κ2) is 8.98. The number of hydrogen-bond donors (Lipinski definition) is 0. The molecule has 0 heterocycles. The molecule has 0 unspecified atom stereocenters. The molecule has 0 aliphatic carbocycles. The molecule has 0 nitrogen and oxygen atoms in total. The van der Waals surface area contributed by atoms with Crippen molar-refractivity contribution in [3.8, 4) is 0 Å². The lowest BCUT2D eigenvalue weighted by Crippen LogP contribution is -1.86. The minimum Gasteiger partial charge on any atom is -0.207 e. The molecule has 0 aliphatic rings. The summed E-state index contributed by atoms with van der Waals surface area (Å²) in [5, 5.41) is 0. The molecule has 0 N–H and O–H groups in total. The first kappa shape index (κ1) is 14.0. The smallest absolute Gasteiger partial charge is 0.123 e. The summed E-state index contributed by atoms with van der Waals surface area (Å²) in [6.45, 7) is 3.67. The summed E-state index contributed by atoms with van der Waals surface area (Å²) < 4.78 is 12.7. The van der Waals surface area contributed by atoms with E-state index in [1.807, 2.05) is 18.2 Å². The van der Waals surface area contributed by atoms with Gasteiger partial charge in [0.05, 0.1) is 0 Å². The third kappa shape index (κ3) is 6.93. The quantitative estimate of drug-likeness (QED) is 0.548. The van der Waals surface area contributed by atoms with Crippen molar-refractivity contribution in [2.24, 2.45) is 0 Å². The first-order chi connectivity index (χ1) is 8.33. The van der Waals surface area contributed by atoms with Crippen molar-refractivity contribution in [1.29, 1.82) is 0 Å². The number of aryl methyl sites for hydroxylation is 1. The summed E-state index contributed by atoms with van der Waals surface area (Å²) in [6.07, 6.45) is 12.6. The van der Waals surface area contributed by atoms with Crippen molar-refractivity contribution in [3.63, 3.8) is 0 Å². The highest BCUT2D eigenvalue weighted by Gasteiger charge is 1.94. The van der Waals surface area contributed by atoms with Crippen LogP contribution in [0.25, 0.3) is 0 Å². The van der Waals surface area contributed by atoms with Crippen LogP contribution in [0.5, 0.6) is 0 Å². The fourth-order valence-electron chi connectivity index (χ4n) is 1.89. The summed E-state index contributed by atoms with van der Waals surface area (Å²) in [4.78, 5) is 0. The molecule has 93 valence electrons. The maximum atomic E-state index is 12.7. The average molecular weight is 233 g/mol. The number of benzene rings is 1. The Morgan fingerprint density at radius 2 is 1.59 bits per heavy atom. The Labute approximate surface area is 105 Å². The van der Waals surface area contributed by atoms with E-state index in [1.165, 1.54) is 37.7 Å². The molecule has 0 fully saturated rings. The summed E-state index contributed by atoms with van der Waals surface area (Å²) >= 11 is 0. The van der Waals surface area contributed by atoms with E-state index in [4.69, 9.17) is 0 Å². The second-order valence-electron chi connectivity index (χ2n) is 4.40. The van der Waals surface area contributed by atoms with Crippen LogP contribution in [0.2, 0.25) is 0 Å². The zero-order valence-electron chi connectivity index (χ0n) is 10.5. The Hall–Kier alpha value is -1.11. The molecule has 0 aliphatic heterocycles. The summed E-state index contributed by atoms with van der Waals surface area (Å²) in [7, 11) is 0. The molecule has 1 aromatic rings. The lowest BCUT2D eigenvalue weighted by Gasteiger charge is -2.01. The predicted octanol–water partition coefficient (Wildman–Crippen LogP) is 5.10. The van der Waals surface area contributed by atoms with Gasteiger partial charge in [0.25, 0.3) is 0 Å². The predicted molar refractivity (Wildman–Crippen MR) is 72.3 cm³/mol. The van der Waals surface area contributed by atoms with Gasteiger partial charge in [0.2, 0.25) is 0 Å². The van der Waals surface area contributed by atoms with Crippen LogP contribution in [0, 0.1) is 12.7 Å². The first-order valence-electron chi connectivity index (χ1n) is 6.51. The highest BCUT2D eigenvalue weighted by molar-refractivity contribution is 5.15. The SMILES string of the molecule is [CH2]/C=C/CCCCCCCc1ccc(F)cc1. The number of unbranched alkanes of at least 4 members (excludes halogenated alkanes) is 5. The van der Waals surface area contributed by atoms with E-state index in [0.29, 0.717) is 0 Å².